The highest BCUT2D eigenvalue weighted by atomic mass is 16.5. The number of benzene rings is 4. The van der Waals surface area contributed by atoms with Crippen LogP contribution >= 0.6 is 0 Å². The highest BCUT2D eigenvalue weighted by molar-refractivity contribution is 5.40. The Balaban J connectivity index is 1.27. The van der Waals surface area contributed by atoms with E-state index in [0.29, 0.717) is 25.0 Å². The summed E-state index contributed by atoms with van der Waals surface area (Å²) in [7, 11) is 0. The first-order valence-electron chi connectivity index (χ1n) is 21.4. The molecule has 284 valence electrons. The van der Waals surface area contributed by atoms with E-state index < -0.39 is 0 Å². The second kappa shape index (κ2) is 20.2. The van der Waals surface area contributed by atoms with E-state index in [1.54, 1.807) is 0 Å². The predicted molar refractivity (Wildman–Crippen MR) is 221 cm³/mol. The minimum Gasteiger partial charge on any atom is -0.494 e. The van der Waals surface area contributed by atoms with Crippen LogP contribution in [0.1, 0.15) is 175 Å². The minimum absolute atomic E-state index is 0.251. The molecule has 4 aromatic carbocycles. The fourth-order valence-electron chi connectivity index (χ4n) is 9.09. The van der Waals surface area contributed by atoms with Crippen molar-refractivity contribution in [3.05, 3.63) is 130 Å². The largest absolute Gasteiger partial charge is 0.494 e. The number of rotatable bonds is 18. The molecular weight excluding hydrogens is 649 g/mol. The molecule has 0 amide bonds. The molecule has 53 heavy (non-hydrogen) atoms. The number of unbranched alkanes of at least 4 members (excludes halogenated alkanes) is 2. The summed E-state index contributed by atoms with van der Waals surface area (Å²) in [5.74, 6) is 4.93. The molecule has 2 fully saturated rings. The molecule has 0 bridgehead atoms. The van der Waals surface area contributed by atoms with E-state index >= 15 is 0 Å². The van der Waals surface area contributed by atoms with Crippen molar-refractivity contribution in [1.82, 2.24) is 0 Å². The van der Waals surface area contributed by atoms with E-state index in [0.717, 1.165) is 34.5 Å². The van der Waals surface area contributed by atoms with Crippen LogP contribution in [0.3, 0.4) is 0 Å². The first kappa shape index (κ1) is 39.1. The van der Waals surface area contributed by atoms with Crippen molar-refractivity contribution in [3.63, 3.8) is 0 Å². The summed E-state index contributed by atoms with van der Waals surface area (Å²) in [6, 6.07) is 35.9. The minimum atomic E-state index is -0.251. The van der Waals surface area contributed by atoms with E-state index in [9.17, 15) is 0 Å². The van der Waals surface area contributed by atoms with Crippen molar-refractivity contribution in [1.29, 1.82) is 0 Å². The maximum absolute atomic E-state index is 7.39. The Bertz CT molecular complexity index is 1470. The zero-order valence-corrected chi connectivity index (χ0v) is 33.2. The third kappa shape index (κ3) is 10.8. The van der Waals surface area contributed by atoms with Gasteiger partial charge in [0.1, 0.15) is 23.7 Å². The number of hydrogen-bond acceptors (Lipinski definition) is 3. The zero-order chi connectivity index (χ0) is 36.8. The second-order valence-electron chi connectivity index (χ2n) is 16.0. The Morgan fingerprint density at radius 1 is 0.434 bits per heavy atom. The Labute approximate surface area is 321 Å². The monoisotopic (exact) mass is 715 g/mol. The van der Waals surface area contributed by atoms with Crippen LogP contribution in [0.4, 0.5) is 0 Å². The lowest BCUT2D eigenvalue weighted by atomic mass is 9.77. The van der Waals surface area contributed by atoms with Gasteiger partial charge in [-0.2, -0.15) is 0 Å². The second-order valence-corrected chi connectivity index (χ2v) is 16.0. The molecular formula is C50H66O3. The molecule has 2 aliphatic carbocycles. The van der Waals surface area contributed by atoms with Crippen LogP contribution in [0.15, 0.2) is 97.1 Å². The average molecular weight is 715 g/mol. The van der Waals surface area contributed by atoms with Crippen LogP contribution in [-0.2, 0) is 4.74 Å². The summed E-state index contributed by atoms with van der Waals surface area (Å²) in [5.41, 5.74) is 7.58. The molecule has 0 heterocycles. The molecule has 0 radical (unpaired) electrons. The molecule has 4 aromatic rings. The van der Waals surface area contributed by atoms with Crippen LogP contribution in [0.5, 0.6) is 11.5 Å². The Morgan fingerprint density at radius 2 is 0.755 bits per heavy atom. The predicted octanol–water partition coefficient (Wildman–Crippen LogP) is 14.3. The lowest BCUT2D eigenvalue weighted by Gasteiger charge is -2.30. The van der Waals surface area contributed by atoms with Crippen LogP contribution in [0, 0.1) is 11.8 Å². The van der Waals surface area contributed by atoms with Crippen molar-refractivity contribution >= 4 is 0 Å². The van der Waals surface area contributed by atoms with Crippen molar-refractivity contribution in [2.45, 2.75) is 142 Å². The third-order valence-corrected chi connectivity index (χ3v) is 12.3. The van der Waals surface area contributed by atoms with Gasteiger partial charge in [-0.3, -0.25) is 0 Å². The lowest BCUT2D eigenvalue weighted by molar-refractivity contribution is 0.0308. The first-order valence-corrected chi connectivity index (χ1v) is 21.4. The van der Waals surface area contributed by atoms with Crippen molar-refractivity contribution < 1.29 is 14.2 Å². The quantitative estimate of drug-likeness (QED) is 0.103. The fourth-order valence-corrected chi connectivity index (χ4v) is 9.09. The van der Waals surface area contributed by atoms with Gasteiger partial charge in [-0.1, -0.05) is 125 Å². The van der Waals surface area contributed by atoms with Crippen molar-refractivity contribution in [2.24, 2.45) is 11.8 Å². The van der Waals surface area contributed by atoms with E-state index in [-0.39, 0.29) is 12.2 Å². The van der Waals surface area contributed by atoms with Crippen LogP contribution in [0.2, 0.25) is 0 Å². The van der Waals surface area contributed by atoms with E-state index in [1.165, 1.54) is 112 Å². The van der Waals surface area contributed by atoms with Crippen molar-refractivity contribution in [2.75, 3.05) is 13.2 Å². The highest BCUT2D eigenvalue weighted by Gasteiger charge is 2.27. The molecule has 6 rings (SSSR count). The normalized spacial score (nSPS) is 21.5. The Kier molecular flexibility index (Phi) is 14.9. The Hall–Kier alpha value is -3.56. The van der Waals surface area contributed by atoms with Gasteiger partial charge in [-0.15, -0.1) is 0 Å². The molecule has 0 saturated heterocycles. The summed E-state index contributed by atoms with van der Waals surface area (Å²) >= 11 is 0. The SMILES string of the molecule is CCCCC1CCC(c2ccc(C(OC(c3ccc(OCC)cc3)c3ccc(C4CCC(CCCC)CC4)cc3)c3ccc(OCC)cc3)cc2)CC1. The van der Waals surface area contributed by atoms with Gasteiger partial charge in [0, 0.05) is 0 Å². The highest BCUT2D eigenvalue weighted by Crippen LogP contribution is 2.42. The van der Waals surface area contributed by atoms with Gasteiger partial charge in [0.15, 0.2) is 0 Å². The summed E-state index contributed by atoms with van der Waals surface area (Å²) in [6.45, 7) is 9.99. The van der Waals surface area contributed by atoms with Gasteiger partial charge in [0.05, 0.1) is 13.2 Å². The molecule has 3 nitrogen and oxygen atoms in total. The van der Waals surface area contributed by atoms with Gasteiger partial charge in [-0.05, 0) is 147 Å². The van der Waals surface area contributed by atoms with Gasteiger partial charge in [0.2, 0.25) is 0 Å². The zero-order valence-electron chi connectivity index (χ0n) is 33.2. The van der Waals surface area contributed by atoms with Crippen LogP contribution < -0.4 is 9.47 Å². The topological polar surface area (TPSA) is 27.7 Å². The molecule has 0 aromatic heterocycles. The molecule has 2 aliphatic rings. The molecule has 0 N–H and O–H groups in total. The fraction of sp³-hybridized carbons (Fsp3) is 0.520. The van der Waals surface area contributed by atoms with E-state index in [1.807, 2.05) is 13.8 Å². The van der Waals surface area contributed by atoms with Gasteiger partial charge < -0.3 is 14.2 Å². The van der Waals surface area contributed by atoms with Gasteiger partial charge >= 0.3 is 0 Å². The van der Waals surface area contributed by atoms with Crippen molar-refractivity contribution in [3.8, 4) is 11.5 Å². The maximum Gasteiger partial charge on any atom is 0.119 e. The Morgan fingerprint density at radius 3 is 1.06 bits per heavy atom. The number of ether oxygens (including phenoxy) is 3. The molecule has 3 heteroatoms. The average Bonchev–Trinajstić information content (AvgIpc) is 3.21. The molecule has 2 saturated carbocycles. The summed E-state index contributed by atoms with van der Waals surface area (Å²) < 4.78 is 19.1. The summed E-state index contributed by atoms with van der Waals surface area (Å²) in [4.78, 5) is 0. The first-order chi connectivity index (χ1) is 26.1. The lowest BCUT2D eigenvalue weighted by Crippen LogP contribution is -2.15. The smallest absolute Gasteiger partial charge is 0.119 e. The summed E-state index contributed by atoms with van der Waals surface area (Å²) in [6.07, 6.45) is 18.4. The van der Waals surface area contributed by atoms with Crippen LogP contribution in [0.25, 0.3) is 0 Å². The molecule has 2 atom stereocenters. The van der Waals surface area contributed by atoms with Gasteiger partial charge in [-0.25, -0.2) is 0 Å². The van der Waals surface area contributed by atoms with E-state index in [4.69, 9.17) is 14.2 Å². The van der Waals surface area contributed by atoms with Gasteiger partial charge in [0.25, 0.3) is 0 Å². The molecule has 0 spiro atoms. The van der Waals surface area contributed by atoms with Crippen LogP contribution in [-0.4, -0.2) is 13.2 Å². The summed E-state index contributed by atoms with van der Waals surface area (Å²) in [5, 5.41) is 0. The molecule has 2 unspecified atom stereocenters. The van der Waals surface area contributed by atoms with E-state index in [2.05, 4.69) is 111 Å². The standard InChI is InChI=1S/C50H66O3/c1-5-9-11-37-13-17-39(18-14-37)41-21-25-43(26-22-41)49(45-29-33-47(34-30-45)51-7-3)53-50(46-31-35-48(36-32-46)52-8-4)44-27-23-42(24-28-44)40-19-15-38(16-20-40)12-10-6-2/h21-40,49-50H,5-20H2,1-4H3. The third-order valence-electron chi connectivity index (χ3n) is 12.3. The maximum atomic E-state index is 7.39. The molecule has 0 aliphatic heterocycles. The number of hydrogen-bond donors (Lipinski definition) is 0.